The minimum atomic E-state index is -4.38. The molecule has 2 aliphatic rings. The summed E-state index contributed by atoms with van der Waals surface area (Å²) in [5.74, 6) is 0.947. The summed E-state index contributed by atoms with van der Waals surface area (Å²) in [6.07, 6.45) is -0.517. The van der Waals surface area contributed by atoms with Gasteiger partial charge in [-0.1, -0.05) is 6.08 Å². The molecule has 0 saturated heterocycles. The molecule has 0 amide bonds. The monoisotopic (exact) mass is 407 g/mol. The first-order valence-corrected chi connectivity index (χ1v) is 8.19. The number of rotatable bonds is 3. The van der Waals surface area contributed by atoms with E-state index in [4.69, 9.17) is 9.47 Å². The Hall–Kier alpha value is -1.48. The van der Waals surface area contributed by atoms with E-state index < -0.39 is 18.3 Å². The highest BCUT2D eigenvalue weighted by Gasteiger charge is 2.46. The zero-order valence-corrected chi connectivity index (χ0v) is 14.7. The molecule has 0 saturated carbocycles. The van der Waals surface area contributed by atoms with E-state index in [1.165, 1.54) is 7.11 Å². The van der Waals surface area contributed by atoms with Gasteiger partial charge in [0.15, 0.2) is 6.04 Å². The molecule has 0 spiro atoms. The van der Waals surface area contributed by atoms with E-state index in [1.54, 1.807) is 19.3 Å². The van der Waals surface area contributed by atoms with E-state index in [9.17, 15) is 13.2 Å². The zero-order valence-electron chi connectivity index (χ0n) is 13.1. The van der Waals surface area contributed by atoms with Gasteiger partial charge in [0.05, 0.1) is 13.2 Å². The van der Waals surface area contributed by atoms with Crippen LogP contribution in [0.1, 0.15) is 18.9 Å². The second kappa shape index (κ2) is 6.44. The lowest BCUT2D eigenvalue weighted by Gasteiger charge is -2.35. The zero-order chi connectivity index (χ0) is 17.5. The minimum Gasteiger partial charge on any atom is -0.498 e. The van der Waals surface area contributed by atoms with Crippen LogP contribution in [0.4, 0.5) is 19.0 Å². The quantitative estimate of drug-likeness (QED) is 0.827. The maximum Gasteiger partial charge on any atom is 0.410 e. The summed E-state index contributed by atoms with van der Waals surface area (Å²) in [5.41, 5.74) is 0.762. The molecule has 3 atom stereocenters. The van der Waals surface area contributed by atoms with Gasteiger partial charge in [-0.05, 0) is 34.0 Å². The Balaban J connectivity index is 1.91. The number of nitrogens with one attached hydrogen (secondary N) is 1. The van der Waals surface area contributed by atoms with Crippen molar-refractivity contribution in [2.24, 2.45) is 0 Å². The Kier molecular flexibility index (Phi) is 4.65. The van der Waals surface area contributed by atoms with Gasteiger partial charge in [-0.3, -0.25) is 0 Å². The molecule has 5 nitrogen and oxygen atoms in total. The van der Waals surface area contributed by atoms with Crippen molar-refractivity contribution in [2.75, 3.05) is 19.5 Å². The van der Waals surface area contributed by atoms with Gasteiger partial charge in [-0.2, -0.15) is 18.3 Å². The van der Waals surface area contributed by atoms with E-state index in [-0.39, 0.29) is 12.5 Å². The van der Waals surface area contributed by atoms with Crippen LogP contribution in [0.2, 0.25) is 0 Å². The van der Waals surface area contributed by atoms with Crippen molar-refractivity contribution in [3.8, 4) is 0 Å². The van der Waals surface area contributed by atoms with Crippen molar-refractivity contribution in [1.82, 2.24) is 9.78 Å². The predicted octanol–water partition coefficient (Wildman–Crippen LogP) is 3.81. The van der Waals surface area contributed by atoms with Gasteiger partial charge in [-0.15, -0.1) is 0 Å². The summed E-state index contributed by atoms with van der Waals surface area (Å²) < 4.78 is 52.3. The van der Waals surface area contributed by atoms with E-state index in [0.717, 1.165) is 10.3 Å². The van der Waals surface area contributed by atoms with Crippen LogP contribution in [0.25, 0.3) is 0 Å². The lowest BCUT2D eigenvalue weighted by Crippen LogP contribution is -2.40. The van der Waals surface area contributed by atoms with Crippen molar-refractivity contribution in [1.29, 1.82) is 0 Å². The number of methoxy groups -OCH3 is 2. The van der Waals surface area contributed by atoms with Gasteiger partial charge in [0, 0.05) is 19.6 Å². The summed E-state index contributed by atoms with van der Waals surface area (Å²) in [6.45, 7) is 0. The molecule has 0 aromatic carbocycles. The second-order valence-electron chi connectivity index (χ2n) is 5.70. The summed E-state index contributed by atoms with van der Waals surface area (Å²) in [7, 11) is 3.10. The molecule has 1 N–H and O–H groups in total. The number of alkyl halides is 3. The topological polar surface area (TPSA) is 48.3 Å². The number of fused-ring (bicyclic) bond motifs is 1. The van der Waals surface area contributed by atoms with Crippen LogP contribution in [0.5, 0.6) is 0 Å². The van der Waals surface area contributed by atoms with Gasteiger partial charge in [0.2, 0.25) is 0 Å². The molecule has 1 aromatic heterocycles. The molecule has 2 heterocycles. The predicted molar refractivity (Wildman–Crippen MR) is 85.6 cm³/mol. The summed E-state index contributed by atoms with van der Waals surface area (Å²) in [4.78, 5) is 0. The lowest BCUT2D eigenvalue weighted by atomic mass is 9.91. The third kappa shape index (κ3) is 3.19. The molecule has 0 bridgehead atoms. The van der Waals surface area contributed by atoms with Gasteiger partial charge in [0.25, 0.3) is 0 Å². The molecule has 3 unspecified atom stereocenters. The number of ether oxygens (including phenoxy) is 2. The summed E-state index contributed by atoms with van der Waals surface area (Å²) in [6, 6.07) is -0.603. The Morgan fingerprint density at radius 1 is 1.38 bits per heavy atom. The molecule has 3 rings (SSSR count). The maximum absolute atomic E-state index is 13.4. The van der Waals surface area contributed by atoms with Crippen LogP contribution in [0.15, 0.2) is 34.2 Å². The van der Waals surface area contributed by atoms with E-state index >= 15 is 0 Å². The second-order valence-corrected chi connectivity index (χ2v) is 6.51. The summed E-state index contributed by atoms with van der Waals surface area (Å²) in [5, 5.41) is 7.03. The van der Waals surface area contributed by atoms with Crippen molar-refractivity contribution >= 4 is 21.7 Å². The van der Waals surface area contributed by atoms with Crippen LogP contribution >= 0.6 is 15.9 Å². The molecular weight excluding hydrogens is 391 g/mol. The molecule has 1 aromatic rings. The fourth-order valence-electron chi connectivity index (χ4n) is 3.08. The summed E-state index contributed by atoms with van der Waals surface area (Å²) >= 11 is 3.14. The minimum absolute atomic E-state index is 0.137. The molecule has 1 aliphatic heterocycles. The third-order valence-electron chi connectivity index (χ3n) is 4.28. The Labute approximate surface area is 145 Å². The normalized spacial score (nSPS) is 27.0. The Morgan fingerprint density at radius 2 is 2.12 bits per heavy atom. The molecule has 132 valence electrons. The molecule has 0 radical (unpaired) electrons. The smallest absolute Gasteiger partial charge is 0.410 e. The van der Waals surface area contributed by atoms with E-state index in [0.29, 0.717) is 22.6 Å². The standard InChI is InChI=1S/C15H17BrF3N3O2/c1-23-10-4-3-8(5-11(10)24-2)9-6-12(15(17,18)19)22-14(20-9)7-13(16)21-22/h3,5,7,9-10,12,20H,4,6H2,1-2H3. The average Bonchev–Trinajstić information content (AvgIpc) is 2.92. The lowest BCUT2D eigenvalue weighted by molar-refractivity contribution is -0.173. The number of nitrogens with zero attached hydrogens (tertiary/aromatic N) is 2. The average molecular weight is 408 g/mol. The van der Waals surface area contributed by atoms with Crippen molar-refractivity contribution < 1.29 is 22.6 Å². The highest BCUT2D eigenvalue weighted by molar-refractivity contribution is 9.10. The first kappa shape index (κ1) is 17.3. The van der Waals surface area contributed by atoms with Gasteiger partial charge >= 0.3 is 6.18 Å². The van der Waals surface area contributed by atoms with Crippen LogP contribution < -0.4 is 5.32 Å². The Morgan fingerprint density at radius 3 is 2.75 bits per heavy atom. The molecule has 0 fully saturated rings. The molecule has 9 heteroatoms. The van der Waals surface area contributed by atoms with Gasteiger partial charge in [-0.25, -0.2) is 4.68 Å². The number of hydrogen-bond donors (Lipinski definition) is 1. The third-order valence-corrected chi connectivity index (χ3v) is 4.66. The number of aromatic nitrogens is 2. The van der Waals surface area contributed by atoms with Gasteiger partial charge in [0.1, 0.15) is 22.3 Å². The van der Waals surface area contributed by atoms with Gasteiger partial charge < -0.3 is 14.8 Å². The van der Waals surface area contributed by atoms with Crippen molar-refractivity contribution in [3.05, 3.63) is 34.2 Å². The van der Waals surface area contributed by atoms with Crippen LogP contribution in [-0.2, 0) is 9.47 Å². The molecule has 24 heavy (non-hydrogen) atoms. The Bertz CT molecular complexity index is 684. The number of hydrogen-bond acceptors (Lipinski definition) is 4. The van der Waals surface area contributed by atoms with Crippen LogP contribution in [0.3, 0.4) is 0 Å². The number of halogens is 4. The maximum atomic E-state index is 13.4. The van der Waals surface area contributed by atoms with Crippen LogP contribution in [-0.4, -0.2) is 42.3 Å². The van der Waals surface area contributed by atoms with Crippen molar-refractivity contribution in [3.63, 3.8) is 0 Å². The van der Waals surface area contributed by atoms with E-state index in [1.807, 2.05) is 6.08 Å². The fraction of sp³-hybridized carbons (Fsp3) is 0.533. The highest BCUT2D eigenvalue weighted by Crippen LogP contribution is 2.42. The highest BCUT2D eigenvalue weighted by atomic mass is 79.9. The van der Waals surface area contributed by atoms with Crippen molar-refractivity contribution in [2.45, 2.75) is 37.2 Å². The largest absolute Gasteiger partial charge is 0.498 e. The first-order valence-electron chi connectivity index (χ1n) is 7.40. The van der Waals surface area contributed by atoms with Crippen LogP contribution in [0, 0.1) is 0 Å². The SMILES string of the molecule is COC1=CC(C2CC(C(F)(F)F)n3nc(Br)cc3N2)=CCC1OC. The molecular formula is C15H17BrF3N3O2. The molecule has 1 aliphatic carbocycles. The first-order chi connectivity index (χ1) is 11.3. The number of anilines is 1. The van der Waals surface area contributed by atoms with E-state index in [2.05, 4.69) is 26.3 Å². The fourth-order valence-corrected chi connectivity index (χ4v) is 3.47.